The molecule has 22 heavy (non-hydrogen) atoms. The lowest BCUT2D eigenvalue weighted by atomic mass is 10.1. The number of carbonyl (C=O) groups is 3. The van der Waals surface area contributed by atoms with Gasteiger partial charge >= 0.3 is 12.1 Å². The van der Waals surface area contributed by atoms with Crippen molar-refractivity contribution >= 4 is 61.0 Å². The summed E-state index contributed by atoms with van der Waals surface area (Å²) in [6.07, 6.45) is -1.24. The summed E-state index contributed by atoms with van der Waals surface area (Å²) in [5.41, 5.74) is -0.382. The number of carboxylic acid groups (broad SMARTS) is 1. The monoisotopic (exact) mass is 455 g/mol. The van der Waals surface area contributed by atoms with E-state index in [2.05, 4.69) is 37.2 Å². The van der Waals surface area contributed by atoms with Gasteiger partial charge in [0.2, 0.25) is 0 Å². The number of nitrogens with one attached hydrogen (secondary N) is 1. The Balaban J connectivity index is 2.76. The predicted molar refractivity (Wildman–Crippen MR) is 89.5 cm³/mol. The summed E-state index contributed by atoms with van der Waals surface area (Å²) in [5.74, 6) is -1.69. The summed E-state index contributed by atoms with van der Waals surface area (Å²) in [6.45, 7) is 4.98. The van der Waals surface area contributed by atoms with Gasteiger partial charge in [-0.25, -0.2) is 9.59 Å². The average Bonchev–Trinajstić information content (AvgIpc) is 2.64. The summed E-state index contributed by atoms with van der Waals surface area (Å²) in [6, 6.07) is 0.247. The summed E-state index contributed by atoms with van der Waals surface area (Å²) in [5, 5.41) is 11.3. The molecule has 1 rings (SSSR count). The molecule has 1 aromatic rings. The molecule has 0 aliphatic carbocycles. The van der Waals surface area contributed by atoms with Gasteiger partial charge in [-0.3, -0.25) is 4.79 Å². The molecule has 1 unspecified atom stereocenters. The zero-order valence-corrected chi connectivity index (χ0v) is 16.1. The molecule has 0 radical (unpaired) electrons. The highest BCUT2D eigenvalue weighted by Gasteiger charge is 2.27. The Morgan fingerprint density at radius 1 is 1.36 bits per heavy atom. The molecule has 0 saturated carbocycles. The summed E-state index contributed by atoms with van der Waals surface area (Å²) in [4.78, 5) is 35.0. The van der Waals surface area contributed by atoms with Crippen LogP contribution in [-0.2, 0) is 9.53 Å². The number of halogens is 2. The van der Waals surface area contributed by atoms with Crippen LogP contribution in [0.25, 0.3) is 0 Å². The van der Waals surface area contributed by atoms with Crippen molar-refractivity contribution in [1.29, 1.82) is 0 Å². The van der Waals surface area contributed by atoms with Gasteiger partial charge in [-0.1, -0.05) is 0 Å². The number of carboxylic acids is 1. The minimum atomic E-state index is -1.35. The number of Topliss-reactive ketones (excluding diaryl/α,β-unsaturated/α-hetero) is 1. The van der Waals surface area contributed by atoms with E-state index in [4.69, 9.17) is 9.84 Å². The van der Waals surface area contributed by atoms with Crippen LogP contribution in [0.1, 0.15) is 37.6 Å². The number of thiophene rings is 1. The van der Waals surface area contributed by atoms with Gasteiger partial charge in [0.05, 0.1) is 7.57 Å². The first kappa shape index (κ1) is 19.1. The molecule has 0 aliphatic rings. The van der Waals surface area contributed by atoms with Crippen LogP contribution in [0.3, 0.4) is 0 Å². The maximum atomic E-state index is 12.2. The van der Waals surface area contributed by atoms with E-state index in [9.17, 15) is 14.4 Å². The van der Waals surface area contributed by atoms with E-state index in [0.29, 0.717) is 9.35 Å². The second-order valence-corrected chi connectivity index (χ2v) is 9.15. The summed E-state index contributed by atoms with van der Waals surface area (Å²) >= 11 is 7.80. The number of amides is 1. The highest BCUT2D eigenvalue weighted by molar-refractivity contribution is 9.12. The molecule has 1 amide bonds. The molecule has 6 nitrogen and oxygen atoms in total. The minimum Gasteiger partial charge on any atom is -0.480 e. The molecule has 1 heterocycles. The van der Waals surface area contributed by atoms with E-state index >= 15 is 0 Å². The van der Waals surface area contributed by atoms with Crippen molar-refractivity contribution < 1.29 is 24.2 Å². The predicted octanol–water partition coefficient (Wildman–Crippen LogP) is 3.82. The maximum Gasteiger partial charge on any atom is 0.408 e. The highest BCUT2D eigenvalue weighted by atomic mass is 79.9. The third kappa shape index (κ3) is 6.05. The van der Waals surface area contributed by atoms with Crippen LogP contribution in [0.2, 0.25) is 0 Å². The number of ether oxygens (including phenoxy) is 1. The van der Waals surface area contributed by atoms with Crippen molar-refractivity contribution in [3.63, 3.8) is 0 Å². The fraction of sp³-hybridized carbons (Fsp3) is 0.462. The Labute approximate surface area is 148 Å². The molecule has 9 heteroatoms. The second-order valence-electron chi connectivity index (χ2n) is 5.40. The fourth-order valence-electron chi connectivity index (χ4n) is 1.48. The number of alkyl carbamates (subject to hydrolysis) is 1. The molecule has 1 atom stereocenters. The second kappa shape index (κ2) is 7.56. The molecule has 122 valence electrons. The van der Waals surface area contributed by atoms with E-state index in [0.717, 1.165) is 3.79 Å². The van der Waals surface area contributed by atoms with Gasteiger partial charge in [0, 0.05) is 12.0 Å². The lowest BCUT2D eigenvalue weighted by Crippen LogP contribution is -2.44. The Bertz CT molecular complexity index is 594. The number of hydrogen-bond donors (Lipinski definition) is 2. The van der Waals surface area contributed by atoms with E-state index in [1.54, 1.807) is 26.8 Å². The van der Waals surface area contributed by atoms with Crippen molar-refractivity contribution in [3.8, 4) is 0 Å². The normalized spacial score (nSPS) is 12.6. The quantitative estimate of drug-likeness (QED) is 0.657. The van der Waals surface area contributed by atoms with Gasteiger partial charge in [-0.15, -0.1) is 11.3 Å². The van der Waals surface area contributed by atoms with E-state index in [1.165, 1.54) is 11.3 Å². The van der Waals surface area contributed by atoms with Crippen LogP contribution in [0.5, 0.6) is 0 Å². The molecule has 0 aromatic carbocycles. The first-order chi connectivity index (χ1) is 9.99. The number of aliphatic carboxylic acids is 1. The lowest BCUT2D eigenvalue weighted by molar-refractivity contribution is -0.139. The summed E-state index contributed by atoms with van der Waals surface area (Å²) in [7, 11) is 0. The number of carbonyl (C=O) groups excluding carboxylic acids is 2. The van der Waals surface area contributed by atoms with E-state index in [1.807, 2.05) is 0 Å². The van der Waals surface area contributed by atoms with Crippen LogP contribution in [0.4, 0.5) is 4.79 Å². The molecular weight excluding hydrogens is 442 g/mol. The number of ketones is 1. The van der Waals surface area contributed by atoms with Crippen LogP contribution in [0, 0.1) is 0 Å². The first-order valence-corrected chi connectivity index (χ1v) is 8.60. The first-order valence-electron chi connectivity index (χ1n) is 6.20. The van der Waals surface area contributed by atoms with Gasteiger partial charge in [0.1, 0.15) is 11.6 Å². The molecule has 0 aliphatic heterocycles. The Kier molecular flexibility index (Phi) is 6.57. The van der Waals surface area contributed by atoms with Crippen molar-refractivity contribution in [2.45, 2.75) is 38.8 Å². The maximum absolute atomic E-state index is 12.2. The standard InChI is InChI=1S/C13H15Br2NO5S/c1-13(2,3)21-12(20)16-7(11(18)19)5-8(17)6-4-9(14)22-10(6)15/h4,7H,5H2,1-3H3,(H,16,20)(H,18,19). The van der Waals surface area contributed by atoms with Crippen molar-refractivity contribution in [2.24, 2.45) is 0 Å². The third-order valence-corrected chi connectivity index (χ3v) is 4.67. The zero-order chi connectivity index (χ0) is 17.1. The smallest absolute Gasteiger partial charge is 0.408 e. The highest BCUT2D eigenvalue weighted by Crippen LogP contribution is 2.32. The molecule has 0 fully saturated rings. The molecule has 0 spiro atoms. The van der Waals surface area contributed by atoms with Crippen LogP contribution in [0.15, 0.2) is 13.6 Å². The topological polar surface area (TPSA) is 92.7 Å². The summed E-state index contributed by atoms with van der Waals surface area (Å²) < 4.78 is 6.34. The fourth-order valence-corrected chi connectivity index (χ4v) is 4.33. The molecular formula is C13H15Br2NO5S. The molecule has 2 N–H and O–H groups in total. The minimum absolute atomic E-state index is 0.365. The van der Waals surface area contributed by atoms with Crippen LogP contribution in [-0.4, -0.2) is 34.6 Å². The van der Waals surface area contributed by atoms with E-state index in [-0.39, 0.29) is 6.42 Å². The Morgan fingerprint density at radius 3 is 2.36 bits per heavy atom. The number of rotatable bonds is 5. The van der Waals surface area contributed by atoms with Gasteiger partial charge in [0.25, 0.3) is 0 Å². The third-order valence-electron chi connectivity index (χ3n) is 2.34. The Morgan fingerprint density at radius 2 is 1.95 bits per heavy atom. The van der Waals surface area contributed by atoms with Gasteiger partial charge in [-0.05, 0) is 58.7 Å². The van der Waals surface area contributed by atoms with E-state index < -0.39 is 29.5 Å². The molecule has 0 saturated heterocycles. The molecule has 1 aromatic heterocycles. The van der Waals surface area contributed by atoms with Gasteiger partial charge in [-0.2, -0.15) is 0 Å². The van der Waals surface area contributed by atoms with Gasteiger partial charge < -0.3 is 15.2 Å². The largest absolute Gasteiger partial charge is 0.480 e. The van der Waals surface area contributed by atoms with Crippen molar-refractivity contribution in [2.75, 3.05) is 0 Å². The zero-order valence-electron chi connectivity index (χ0n) is 12.1. The SMILES string of the molecule is CC(C)(C)OC(=O)NC(CC(=O)c1cc(Br)sc1Br)C(=O)O. The van der Waals surface area contributed by atoms with Gasteiger partial charge in [0.15, 0.2) is 5.78 Å². The molecule has 0 bridgehead atoms. The van der Waals surface area contributed by atoms with Crippen LogP contribution >= 0.6 is 43.2 Å². The van der Waals surface area contributed by atoms with Crippen LogP contribution < -0.4 is 5.32 Å². The lowest BCUT2D eigenvalue weighted by Gasteiger charge is -2.21. The number of hydrogen-bond acceptors (Lipinski definition) is 5. The average molecular weight is 457 g/mol. The Hall–Kier alpha value is -0.930. The van der Waals surface area contributed by atoms with Crippen molar-refractivity contribution in [1.82, 2.24) is 5.32 Å². The van der Waals surface area contributed by atoms with Crippen molar-refractivity contribution in [3.05, 3.63) is 19.2 Å².